The normalized spacial score (nSPS) is 30.5. The molecule has 176 valence electrons. The molecule has 0 aromatic heterocycles. The predicted molar refractivity (Wildman–Crippen MR) is 125 cm³/mol. The molecule has 4 fully saturated rings. The maximum atomic E-state index is 12.9. The third kappa shape index (κ3) is 5.83. The lowest BCUT2D eigenvalue weighted by Crippen LogP contribution is -2.51. The maximum absolute atomic E-state index is 12.9. The zero-order valence-electron chi connectivity index (χ0n) is 20.1. The highest BCUT2D eigenvalue weighted by Crippen LogP contribution is 2.47. The first-order chi connectivity index (χ1) is 14.9. The number of rotatable bonds is 4. The Bertz CT molecular complexity index is 602. The van der Waals surface area contributed by atoms with Gasteiger partial charge in [0.15, 0.2) is 0 Å². The second kappa shape index (κ2) is 10.2. The number of hydrogen-bond donors (Lipinski definition) is 0. The molecule has 5 heteroatoms. The Kier molecular flexibility index (Phi) is 7.61. The maximum Gasteiger partial charge on any atom is 0.225 e. The van der Waals surface area contributed by atoms with Gasteiger partial charge in [0.1, 0.15) is 0 Å². The van der Waals surface area contributed by atoms with Crippen molar-refractivity contribution in [2.45, 2.75) is 84.5 Å². The van der Waals surface area contributed by atoms with Crippen molar-refractivity contribution in [2.75, 3.05) is 45.8 Å². The number of hydrogen-bond acceptors (Lipinski definition) is 3. The van der Waals surface area contributed by atoms with Crippen LogP contribution >= 0.6 is 0 Å². The summed E-state index contributed by atoms with van der Waals surface area (Å²) >= 11 is 0. The first kappa shape index (κ1) is 23.1. The monoisotopic (exact) mass is 431 g/mol. The molecule has 0 N–H and O–H groups in total. The molecule has 1 spiro atoms. The van der Waals surface area contributed by atoms with Crippen molar-refractivity contribution in [1.29, 1.82) is 0 Å². The third-order valence-electron chi connectivity index (χ3n) is 9.34. The average molecular weight is 432 g/mol. The van der Waals surface area contributed by atoms with E-state index in [0.717, 1.165) is 63.9 Å². The molecule has 2 aliphatic heterocycles. The molecule has 4 rings (SSSR count). The van der Waals surface area contributed by atoms with Gasteiger partial charge in [0.05, 0.1) is 0 Å². The van der Waals surface area contributed by atoms with Crippen molar-refractivity contribution < 1.29 is 9.59 Å². The molecule has 0 aromatic carbocycles. The van der Waals surface area contributed by atoms with Crippen molar-refractivity contribution in [3.05, 3.63) is 0 Å². The number of piperidine rings is 1. The smallest absolute Gasteiger partial charge is 0.225 e. The van der Waals surface area contributed by atoms with Crippen molar-refractivity contribution in [2.24, 2.45) is 23.2 Å². The first-order valence-electron chi connectivity index (χ1n) is 13.2. The number of carbonyl (C=O) groups excluding carboxylic acids is 2. The number of carbonyl (C=O) groups is 2. The summed E-state index contributed by atoms with van der Waals surface area (Å²) in [7, 11) is 0. The summed E-state index contributed by atoms with van der Waals surface area (Å²) in [5, 5.41) is 0. The third-order valence-corrected chi connectivity index (χ3v) is 9.34. The van der Waals surface area contributed by atoms with Crippen molar-refractivity contribution in [3.8, 4) is 0 Å². The molecule has 2 saturated heterocycles. The molecule has 2 heterocycles. The highest BCUT2D eigenvalue weighted by atomic mass is 16.2. The van der Waals surface area contributed by atoms with Crippen molar-refractivity contribution in [1.82, 2.24) is 14.7 Å². The quantitative estimate of drug-likeness (QED) is 0.671. The summed E-state index contributed by atoms with van der Waals surface area (Å²) in [4.78, 5) is 31.3. The molecule has 31 heavy (non-hydrogen) atoms. The Morgan fingerprint density at radius 1 is 0.774 bits per heavy atom. The summed E-state index contributed by atoms with van der Waals surface area (Å²) in [6.45, 7) is 11.2. The zero-order chi connectivity index (χ0) is 21.8. The number of piperazine rings is 1. The molecule has 2 saturated carbocycles. The highest BCUT2D eigenvalue weighted by Gasteiger charge is 2.38. The van der Waals surface area contributed by atoms with Gasteiger partial charge in [0.25, 0.3) is 0 Å². The molecule has 4 aliphatic rings. The van der Waals surface area contributed by atoms with E-state index in [1.165, 1.54) is 64.3 Å². The zero-order valence-corrected chi connectivity index (χ0v) is 20.1. The lowest BCUT2D eigenvalue weighted by atomic mass is 9.65. The number of nitrogens with zero attached hydrogens (tertiary/aromatic N) is 3. The molecule has 2 amide bonds. The molecular formula is C26H45N3O2. The van der Waals surface area contributed by atoms with Gasteiger partial charge in [-0.05, 0) is 94.4 Å². The van der Waals surface area contributed by atoms with Gasteiger partial charge in [-0.2, -0.15) is 0 Å². The van der Waals surface area contributed by atoms with Gasteiger partial charge < -0.3 is 9.80 Å². The topological polar surface area (TPSA) is 43.9 Å². The van der Waals surface area contributed by atoms with Crippen LogP contribution in [-0.2, 0) is 9.59 Å². The molecule has 0 atom stereocenters. The van der Waals surface area contributed by atoms with Gasteiger partial charge in [-0.25, -0.2) is 0 Å². The fourth-order valence-electron chi connectivity index (χ4n) is 6.70. The molecule has 2 aliphatic carbocycles. The fraction of sp³-hybridized carbons (Fsp3) is 0.923. The van der Waals surface area contributed by atoms with E-state index in [0.29, 0.717) is 17.2 Å². The molecular weight excluding hydrogens is 386 g/mol. The summed E-state index contributed by atoms with van der Waals surface area (Å²) < 4.78 is 0. The largest absolute Gasteiger partial charge is 0.343 e. The number of amides is 2. The molecule has 5 nitrogen and oxygen atoms in total. The van der Waals surface area contributed by atoms with E-state index in [1.54, 1.807) is 6.92 Å². The lowest BCUT2D eigenvalue weighted by Gasteiger charge is -2.46. The average Bonchev–Trinajstić information content (AvgIpc) is 2.79. The van der Waals surface area contributed by atoms with Gasteiger partial charge in [-0.1, -0.05) is 6.92 Å². The van der Waals surface area contributed by atoms with Crippen LogP contribution in [0.25, 0.3) is 0 Å². The van der Waals surface area contributed by atoms with Crippen molar-refractivity contribution >= 4 is 11.8 Å². The Morgan fingerprint density at radius 2 is 1.39 bits per heavy atom. The summed E-state index contributed by atoms with van der Waals surface area (Å²) in [5.74, 6) is 2.68. The van der Waals surface area contributed by atoms with Crippen LogP contribution in [0.1, 0.15) is 84.5 Å². The number of likely N-dealkylation sites (tertiary alicyclic amines) is 1. The standard InChI is InChI=1S/C26H45N3O2/c1-21-3-5-24(6-4-21)25(31)29-19-17-27(18-20-29)14-9-23-7-10-26(11-8-23)12-15-28(16-13-26)22(2)30/h21,23-24H,3-20H2,1-2H3. The Morgan fingerprint density at radius 3 is 1.97 bits per heavy atom. The van der Waals surface area contributed by atoms with E-state index >= 15 is 0 Å². The second-order valence-corrected chi connectivity index (χ2v) is 11.4. The van der Waals surface area contributed by atoms with E-state index in [9.17, 15) is 9.59 Å². The Hall–Kier alpha value is -1.10. The van der Waals surface area contributed by atoms with E-state index in [4.69, 9.17) is 0 Å². The predicted octanol–water partition coefficient (Wildman–Crippen LogP) is 4.17. The minimum atomic E-state index is 0.249. The summed E-state index contributed by atoms with van der Waals surface area (Å²) in [6.07, 6.45) is 13.9. The lowest BCUT2D eigenvalue weighted by molar-refractivity contribution is -0.138. The molecule has 0 radical (unpaired) electrons. The fourth-order valence-corrected chi connectivity index (χ4v) is 6.70. The van der Waals surface area contributed by atoms with Gasteiger partial charge in [0.2, 0.25) is 11.8 Å². The first-order valence-corrected chi connectivity index (χ1v) is 13.2. The Balaban J connectivity index is 1.12. The van der Waals surface area contributed by atoms with Crippen LogP contribution in [-0.4, -0.2) is 72.3 Å². The van der Waals surface area contributed by atoms with Crippen LogP contribution in [0, 0.1) is 23.2 Å². The summed E-state index contributed by atoms with van der Waals surface area (Å²) in [5.41, 5.74) is 0.533. The van der Waals surface area contributed by atoms with Crippen LogP contribution in [0.5, 0.6) is 0 Å². The van der Waals surface area contributed by atoms with Gasteiger partial charge in [-0.3, -0.25) is 14.5 Å². The Labute approximate surface area is 189 Å². The second-order valence-electron chi connectivity index (χ2n) is 11.4. The van der Waals surface area contributed by atoms with Gasteiger partial charge in [0, 0.05) is 52.1 Å². The molecule has 0 unspecified atom stereocenters. The molecule has 0 aromatic rings. The van der Waals surface area contributed by atoms with E-state index in [2.05, 4.69) is 16.7 Å². The SMILES string of the molecule is CC(=O)N1CCC2(CCC(CCN3CCN(C(=O)C4CCC(C)CC4)CC3)CC2)CC1. The van der Waals surface area contributed by atoms with Gasteiger partial charge >= 0.3 is 0 Å². The molecule has 0 bridgehead atoms. The van der Waals surface area contributed by atoms with E-state index in [1.807, 2.05) is 4.90 Å². The van der Waals surface area contributed by atoms with E-state index < -0.39 is 0 Å². The van der Waals surface area contributed by atoms with Crippen LogP contribution < -0.4 is 0 Å². The van der Waals surface area contributed by atoms with Crippen LogP contribution in [0.2, 0.25) is 0 Å². The minimum absolute atomic E-state index is 0.249. The van der Waals surface area contributed by atoms with E-state index in [-0.39, 0.29) is 5.91 Å². The highest BCUT2D eigenvalue weighted by molar-refractivity contribution is 5.79. The van der Waals surface area contributed by atoms with Crippen LogP contribution in [0.4, 0.5) is 0 Å². The summed E-state index contributed by atoms with van der Waals surface area (Å²) in [6, 6.07) is 0. The van der Waals surface area contributed by atoms with Crippen LogP contribution in [0.3, 0.4) is 0 Å². The minimum Gasteiger partial charge on any atom is -0.343 e. The van der Waals surface area contributed by atoms with Crippen molar-refractivity contribution in [3.63, 3.8) is 0 Å². The van der Waals surface area contributed by atoms with Crippen LogP contribution in [0.15, 0.2) is 0 Å². The van der Waals surface area contributed by atoms with Gasteiger partial charge in [-0.15, -0.1) is 0 Å².